The van der Waals surface area contributed by atoms with E-state index in [1.54, 1.807) is 6.92 Å². The van der Waals surface area contributed by atoms with Gasteiger partial charge in [-0.1, -0.05) is 6.07 Å². The summed E-state index contributed by atoms with van der Waals surface area (Å²) in [5.74, 6) is -0.528. The Morgan fingerprint density at radius 3 is 2.72 bits per heavy atom. The zero-order valence-electron chi connectivity index (χ0n) is 9.85. The lowest BCUT2D eigenvalue weighted by Gasteiger charge is -2.12. The third-order valence-corrected chi connectivity index (χ3v) is 4.54. The summed E-state index contributed by atoms with van der Waals surface area (Å²) in [6.45, 7) is 1.59. The van der Waals surface area contributed by atoms with Gasteiger partial charge in [-0.3, -0.25) is 0 Å². The second-order valence-electron chi connectivity index (χ2n) is 4.48. The normalized spacial score (nSPS) is 17.2. The van der Waals surface area contributed by atoms with E-state index in [9.17, 15) is 12.8 Å². The van der Waals surface area contributed by atoms with Crippen LogP contribution in [0.2, 0.25) is 0 Å². The molecule has 1 atom stereocenters. The fraction of sp³-hybridized carbons (Fsp3) is 0.417. The van der Waals surface area contributed by atoms with Crippen molar-refractivity contribution in [2.24, 2.45) is 5.92 Å². The molecular formula is C12H13FN2O2S. The molecule has 1 N–H and O–H groups in total. The Hall–Kier alpha value is -1.45. The van der Waals surface area contributed by atoms with E-state index in [1.165, 1.54) is 12.1 Å². The summed E-state index contributed by atoms with van der Waals surface area (Å²) in [4.78, 5) is -0.108. The van der Waals surface area contributed by atoms with Gasteiger partial charge in [0.1, 0.15) is 11.9 Å². The molecule has 18 heavy (non-hydrogen) atoms. The molecule has 0 spiro atoms. The Balaban J connectivity index is 2.30. The Bertz CT molecular complexity index is 603. The van der Waals surface area contributed by atoms with Gasteiger partial charge in [0.05, 0.1) is 11.0 Å². The molecule has 0 aliphatic heterocycles. The average Bonchev–Trinajstić information content (AvgIpc) is 3.13. The summed E-state index contributed by atoms with van der Waals surface area (Å²) >= 11 is 0. The highest BCUT2D eigenvalue weighted by molar-refractivity contribution is 7.89. The van der Waals surface area contributed by atoms with Crippen molar-refractivity contribution in [3.8, 4) is 6.07 Å². The van der Waals surface area contributed by atoms with Crippen molar-refractivity contribution in [2.75, 3.05) is 0 Å². The van der Waals surface area contributed by atoms with Gasteiger partial charge >= 0.3 is 0 Å². The predicted molar refractivity (Wildman–Crippen MR) is 63.6 cm³/mol. The largest absolute Gasteiger partial charge is 0.242 e. The molecule has 2 rings (SSSR count). The van der Waals surface area contributed by atoms with Gasteiger partial charge in [-0.05, 0) is 43.4 Å². The van der Waals surface area contributed by atoms with Crippen LogP contribution < -0.4 is 4.72 Å². The molecule has 0 amide bonds. The summed E-state index contributed by atoms with van der Waals surface area (Å²) in [6.07, 6.45) is 1.70. The minimum atomic E-state index is -3.84. The third kappa shape index (κ3) is 2.68. The maximum absolute atomic E-state index is 13.1. The number of benzene rings is 1. The molecular weight excluding hydrogens is 255 g/mol. The van der Waals surface area contributed by atoms with E-state index in [0.717, 1.165) is 18.9 Å². The number of aryl methyl sites for hydroxylation is 1. The number of hydrogen-bond acceptors (Lipinski definition) is 3. The van der Waals surface area contributed by atoms with Crippen molar-refractivity contribution in [1.29, 1.82) is 5.26 Å². The summed E-state index contributed by atoms with van der Waals surface area (Å²) in [6, 6.07) is 4.80. The summed E-state index contributed by atoms with van der Waals surface area (Å²) in [5, 5.41) is 8.92. The molecule has 0 aromatic heterocycles. The quantitative estimate of drug-likeness (QED) is 0.903. The van der Waals surface area contributed by atoms with Crippen molar-refractivity contribution in [1.82, 2.24) is 4.72 Å². The van der Waals surface area contributed by atoms with Crippen LogP contribution in [0.3, 0.4) is 0 Å². The van der Waals surface area contributed by atoms with E-state index in [-0.39, 0.29) is 10.8 Å². The number of rotatable bonds is 4. The molecule has 4 nitrogen and oxygen atoms in total. The molecule has 1 aromatic carbocycles. The minimum Gasteiger partial charge on any atom is -0.207 e. The van der Waals surface area contributed by atoms with Crippen LogP contribution in [0, 0.1) is 30.0 Å². The van der Waals surface area contributed by atoms with E-state index in [1.807, 2.05) is 6.07 Å². The van der Waals surface area contributed by atoms with Gasteiger partial charge in [0, 0.05) is 0 Å². The topological polar surface area (TPSA) is 70.0 Å². The first-order valence-corrected chi connectivity index (χ1v) is 7.10. The first-order valence-electron chi connectivity index (χ1n) is 5.62. The van der Waals surface area contributed by atoms with Crippen LogP contribution in [0.5, 0.6) is 0 Å². The Kier molecular flexibility index (Phi) is 3.37. The highest BCUT2D eigenvalue weighted by atomic mass is 32.2. The van der Waals surface area contributed by atoms with Crippen LogP contribution >= 0.6 is 0 Å². The second kappa shape index (κ2) is 4.67. The van der Waals surface area contributed by atoms with Gasteiger partial charge in [0.25, 0.3) is 0 Å². The molecule has 0 saturated heterocycles. The zero-order valence-corrected chi connectivity index (χ0v) is 10.7. The lowest BCUT2D eigenvalue weighted by Crippen LogP contribution is -2.35. The van der Waals surface area contributed by atoms with Gasteiger partial charge in [0.15, 0.2) is 0 Å². The highest BCUT2D eigenvalue weighted by Gasteiger charge is 2.34. The monoisotopic (exact) mass is 268 g/mol. The predicted octanol–water partition coefficient (Wildman–Crippen LogP) is 1.71. The molecule has 1 saturated carbocycles. The zero-order chi connectivity index (χ0) is 13.3. The number of nitrogens with zero attached hydrogens (tertiary/aromatic N) is 1. The lowest BCUT2D eigenvalue weighted by molar-refractivity contribution is 0.557. The van der Waals surface area contributed by atoms with Gasteiger partial charge in [-0.25, -0.2) is 12.8 Å². The van der Waals surface area contributed by atoms with Crippen LogP contribution in [0.4, 0.5) is 4.39 Å². The van der Waals surface area contributed by atoms with Crippen molar-refractivity contribution < 1.29 is 12.8 Å². The van der Waals surface area contributed by atoms with E-state index in [0.29, 0.717) is 5.56 Å². The van der Waals surface area contributed by atoms with E-state index in [2.05, 4.69) is 4.72 Å². The molecule has 1 aliphatic carbocycles. The highest BCUT2D eigenvalue weighted by Crippen LogP contribution is 2.33. The van der Waals surface area contributed by atoms with E-state index in [4.69, 9.17) is 5.26 Å². The van der Waals surface area contributed by atoms with Crippen molar-refractivity contribution in [3.05, 3.63) is 29.6 Å². The van der Waals surface area contributed by atoms with Gasteiger partial charge < -0.3 is 0 Å². The summed E-state index contributed by atoms with van der Waals surface area (Å²) < 4.78 is 39.6. The third-order valence-electron chi connectivity index (χ3n) is 2.95. The maximum Gasteiger partial charge on any atom is 0.242 e. The maximum atomic E-state index is 13.1. The number of hydrogen-bond donors (Lipinski definition) is 1. The van der Waals surface area contributed by atoms with Gasteiger partial charge in [0.2, 0.25) is 10.0 Å². The Morgan fingerprint density at radius 1 is 1.50 bits per heavy atom. The fourth-order valence-corrected chi connectivity index (χ4v) is 3.22. The van der Waals surface area contributed by atoms with Crippen molar-refractivity contribution in [2.45, 2.75) is 30.7 Å². The number of halogens is 1. The van der Waals surface area contributed by atoms with Crippen LogP contribution in [-0.4, -0.2) is 14.5 Å². The van der Waals surface area contributed by atoms with Crippen molar-refractivity contribution in [3.63, 3.8) is 0 Å². The second-order valence-corrected chi connectivity index (χ2v) is 6.16. The Morgan fingerprint density at radius 2 is 2.17 bits per heavy atom. The molecule has 1 unspecified atom stereocenters. The standard InChI is InChI=1S/C12H13FN2O2S/c1-8-2-5-10(13)6-12(8)18(16,17)15-11(7-14)9-3-4-9/h2,5-6,9,11,15H,3-4H2,1H3. The lowest BCUT2D eigenvalue weighted by atomic mass is 10.2. The smallest absolute Gasteiger partial charge is 0.207 e. The molecule has 6 heteroatoms. The SMILES string of the molecule is Cc1ccc(F)cc1S(=O)(=O)NC(C#N)C1CC1. The van der Waals surface area contributed by atoms with Crippen LogP contribution in [0.25, 0.3) is 0 Å². The van der Waals surface area contributed by atoms with E-state index < -0.39 is 21.9 Å². The fourth-order valence-electron chi connectivity index (χ4n) is 1.75. The number of nitriles is 1. The summed E-state index contributed by atoms with van der Waals surface area (Å²) in [7, 11) is -3.84. The molecule has 0 heterocycles. The van der Waals surface area contributed by atoms with Crippen molar-refractivity contribution >= 4 is 10.0 Å². The number of sulfonamides is 1. The van der Waals surface area contributed by atoms with Gasteiger partial charge in [-0.15, -0.1) is 0 Å². The number of nitrogens with one attached hydrogen (secondary N) is 1. The van der Waals surface area contributed by atoms with Crippen LogP contribution in [0.1, 0.15) is 18.4 Å². The Labute approximate surface area is 105 Å². The molecule has 1 aliphatic rings. The first-order chi connectivity index (χ1) is 8.44. The molecule has 0 bridgehead atoms. The molecule has 96 valence electrons. The molecule has 0 radical (unpaired) electrons. The van der Waals surface area contributed by atoms with Crippen LogP contribution in [0.15, 0.2) is 23.1 Å². The molecule has 1 fully saturated rings. The summed E-state index contributed by atoms with van der Waals surface area (Å²) in [5.41, 5.74) is 0.455. The first kappa shape index (κ1) is 13.0. The van der Waals surface area contributed by atoms with E-state index >= 15 is 0 Å². The van der Waals surface area contributed by atoms with Gasteiger partial charge in [-0.2, -0.15) is 9.98 Å². The molecule has 1 aromatic rings. The minimum absolute atomic E-state index is 0.0821. The average molecular weight is 268 g/mol. The van der Waals surface area contributed by atoms with Crippen LogP contribution in [-0.2, 0) is 10.0 Å².